The summed E-state index contributed by atoms with van der Waals surface area (Å²) in [5, 5.41) is 81.9. The number of aromatic hydroxyl groups is 5. The van der Waals surface area contributed by atoms with Crippen LogP contribution in [0.15, 0.2) is 127 Å². The summed E-state index contributed by atoms with van der Waals surface area (Å²) in [5.41, 5.74) is 3.80. The summed E-state index contributed by atoms with van der Waals surface area (Å²) < 4.78 is 19.5. The van der Waals surface area contributed by atoms with Gasteiger partial charge in [0.05, 0.1) is 41.2 Å². The molecule has 0 spiro atoms. The molecule has 1 atom stereocenters. The highest BCUT2D eigenvalue weighted by molar-refractivity contribution is 6.30. The van der Waals surface area contributed by atoms with Crippen molar-refractivity contribution >= 4 is 54.9 Å². The first-order valence-corrected chi connectivity index (χ1v) is 20.2. The largest absolute Gasteiger partial charge is 0.508 e. The number of hydrogen-bond donors (Lipinski definition) is 9. The Kier molecular flexibility index (Phi) is 27.4. The fraction of sp³-hybridized carbons (Fsp3) is 0.135. The predicted octanol–water partition coefficient (Wildman–Crippen LogP) is 7.23. The summed E-state index contributed by atoms with van der Waals surface area (Å²) in [6.45, 7) is 1.37. The predicted molar refractivity (Wildman–Crippen MR) is 261 cm³/mol. The van der Waals surface area contributed by atoms with Crippen LogP contribution >= 0.6 is 0 Å². The number of hydrogen-bond acceptors (Lipinski definition) is 17. The van der Waals surface area contributed by atoms with E-state index in [1.165, 1.54) is 95.2 Å². The molecule has 0 aromatic heterocycles. The van der Waals surface area contributed by atoms with E-state index in [1.807, 2.05) is 0 Å². The molecular weight excluding hydrogens is 913 g/mol. The molecule has 18 heteroatoms. The molecule has 5 aromatic carbocycles. The third-order valence-corrected chi connectivity index (χ3v) is 8.43. The number of phenolic OH excluding ortho intramolecular Hbond substituents is 4. The Labute approximate surface area is 403 Å². The van der Waals surface area contributed by atoms with Gasteiger partial charge >= 0.3 is 5.97 Å². The first-order chi connectivity index (χ1) is 33.4. The lowest BCUT2D eigenvalue weighted by Gasteiger charge is -2.03. The summed E-state index contributed by atoms with van der Waals surface area (Å²) in [6.07, 6.45) is 13.4. The molecule has 370 valence electrons. The van der Waals surface area contributed by atoms with Gasteiger partial charge in [-0.25, -0.2) is 4.79 Å². The number of benzene rings is 5. The molecular formula is C52H54O18. The van der Waals surface area contributed by atoms with Crippen molar-refractivity contribution in [3.05, 3.63) is 161 Å². The fourth-order valence-electron chi connectivity index (χ4n) is 4.97. The maximum absolute atomic E-state index is 10.7. The van der Waals surface area contributed by atoms with Gasteiger partial charge in [-0.3, -0.25) is 19.2 Å². The van der Waals surface area contributed by atoms with Crippen LogP contribution in [0, 0.1) is 0 Å². The fourth-order valence-corrected chi connectivity index (χ4v) is 4.97. The molecule has 5 aromatic rings. The molecule has 0 heterocycles. The lowest BCUT2D eigenvalue weighted by molar-refractivity contribution is -0.131. The Hall–Kier alpha value is -9.13. The normalized spacial score (nSPS) is 11.0. The van der Waals surface area contributed by atoms with Crippen LogP contribution in [0.5, 0.6) is 51.7 Å². The van der Waals surface area contributed by atoms with Gasteiger partial charge < -0.3 is 64.9 Å². The zero-order valence-electron chi connectivity index (χ0n) is 38.6. The van der Waals surface area contributed by atoms with Crippen molar-refractivity contribution in [1.29, 1.82) is 0 Å². The summed E-state index contributed by atoms with van der Waals surface area (Å²) in [6, 6.07) is 23.4. The lowest BCUT2D eigenvalue weighted by Crippen LogP contribution is -1.94. The van der Waals surface area contributed by atoms with Crippen molar-refractivity contribution < 1.29 is 88.9 Å². The highest BCUT2D eigenvalue weighted by Crippen LogP contribution is 2.29. The van der Waals surface area contributed by atoms with Crippen LogP contribution in [-0.4, -0.2) is 111 Å². The highest BCUT2D eigenvalue weighted by atomic mass is 16.5. The van der Waals surface area contributed by atoms with E-state index in [2.05, 4.69) is 0 Å². The lowest BCUT2D eigenvalue weighted by atomic mass is 10.1. The number of aliphatic hydroxyl groups is 3. The molecule has 0 bridgehead atoms. The molecule has 9 N–H and O–H groups in total. The monoisotopic (exact) mass is 966 g/mol. The third kappa shape index (κ3) is 22.9. The molecule has 0 aliphatic carbocycles. The molecule has 0 aliphatic rings. The van der Waals surface area contributed by atoms with Gasteiger partial charge in [-0.15, -0.1) is 0 Å². The number of carboxylic acids is 1. The van der Waals surface area contributed by atoms with E-state index in [1.54, 1.807) is 73.7 Å². The summed E-state index contributed by atoms with van der Waals surface area (Å²) in [7, 11) is 5.84. The average molecular weight is 967 g/mol. The maximum atomic E-state index is 10.7. The highest BCUT2D eigenvalue weighted by Gasteiger charge is 2.04. The first-order valence-electron chi connectivity index (χ1n) is 20.2. The summed E-state index contributed by atoms with van der Waals surface area (Å²) in [5.74, 6) is -0.504. The Morgan fingerprint density at radius 2 is 0.929 bits per heavy atom. The van der Waals surface area contributed by atoms with Crippen LogP contribution in [0.1, 0.15) is 45.1 Å². The molecule has 0 saturated carbocycles. The Balaban J connectivity index is 0.000000441. The topological polar surface area (TPSA) is 304 Å². The summed E-state index contributed by atoms with van der Waals surface area (Å²) in [4.78, 5) is 51.2. The smallest absolute Gasteiger partial charge is 0.328 e. The first kappa shape index (κ1) is 58.9. The second-order valence-electron chi connectivity index (χ2n) is 13.6. The van der Waals surface area contributed by atoms with Crippen molar-refractivity contribution in [2.24, 2.45) is 0 Å². The Morgan fingerprint density at radius 3 is 1.31 bits per heavy atom. The van der Waals surface area contributed by atoms with E-state index in [0.717, 1.165) is 23.3 Å². The van der Waals surface area contributed by atoms with Crippen molar-refractivity contribution in [1.82, 2.24) is 0 Å². The van der Waals surface area contributed by atoms with E-state index in [0.29, 0.717) is 57.8 Å². The minimum atomic E-state index is -1.02. The van der Waals surface area contributed by atoms with Gasteiger partial charge in [0.1, 0.15) is 24.1 Å². The van der Waals surface area contributed by atoms with Crippen LogP contribution in [0.25, 0.3) is 24.3 Å². The number of aliphatic hydroxyl groups excluding tert-OH is 3. The number of aliphatic carboxylic acids is 1. The number of ether oxygens (including phenoxy) is 4. The van der Waals surface area contributed by atoms with E-state index in [4.69, 9.17) is 39.4 Å². The zero-order chi connectivity index (χ0) is 52.6. The summed E-state index contributed by atoms with van der Waals surface area (Å²) >= 11 is 0. The molecule has 0 saturated heterocycles. The number of rotatable bonds is 16. The van der Waals surface area contributed by atoms with Crippen LogP contribution in [0.3, 0.4) is 0 Å². The van der Waals surface area contributed by atoms with Crippen LogP contribution in [-0.2, 0) is 25.8 Å². The standard InChI is InChI=1S/C13H12O5.C11H14O3.C10H10O4.C10H10O3.C8H8O3/c14-7-10-5-9(2-4-13(10)18)1-3-11(16)6-12(17)8-15;1-8(12)3-4-9-5-6-10(13)11(7-9)14-2;1-14-9-6-7(2-4-8(9)11)3-5-10(12)13;1-13-10-7-8(3-2-6-11)4-5-9(10)12;1-11-8-4-6(5-9)2-3-7(8)10/h1-6,8,14,16,18H,7H2;3-8,12-13H,1-2H3;2-6,11H,1H3,(H,12,13);2-7,12H,1H3;2-5,10H,1H3/b3-1+,11-6-;4-3+;5-3+;3-2+;. The van der Waals surface area contributed by atoms with Gasteiger partial charge in [0, 0.05) is 23.3 Å². The zero-order valence-corrected chi connectivity index (χ0v) is 38.6. The van der Waals surface area contributed by atoms with Gasteiger partial charge in [-0.05, 0) is 114 Å². The molecule has 0 aliphatic heterocycles. The van der Waals surface area contributed by atoms with Gasteiger partial charge in [-0.1, -0.05) is 48.6 Å². The van der Waals surface area contributed by atoms with Crippen LogP contribution in [0.2, 0.25) is 0 Å². The average Bonchev–Trinajstić information content (AvgIpc) is 3.36. The quantitative estimate of drug-likeness (QED) is 0.0155. The Bertz CT molecular complexity index is 2640. The molecule has 1 unspecified atom stereocenters. The molecule has 18 nitrogen and oxygen atoms in total. The van der Waals surface area contributed by atoms with Crippen molar-refractivity contribution in [3.8, 4) is 51.7 Å². The van der Waals surface area contributed by atoms with E-state index in [-0.39, 0.29) is 47.4 Å². The van der Waals surface area contributed by atoms with E-state index >= 15 is 0 Å². The van der Waals surface area contributed by atoms with E-state index in [9.17, 15) is 49.5 Å². The molecule has 0 amide bonds. The number of carbonyl (C=O) groups excluding carboxylic acids is 4. The number of aldehydes is 3. The number of allylic oxidation sites excluding steroid dienone is 3. The molecule has 0 radical (unpaired) electrons. The van der Waals surface area contributed by atoms with Crippen molar-refractivity contribution in [2.45, 2.75) is 19.6 Å². The van der Waals surface area contributed by atoms with Crippen LogP contribution < -0.4 is 18.9 Å². The Morgan fingerprint density at radius 1 is 0.543 bits per heavy atom. The van der Waals surface area contributed by atoms with E-state index < -0.39 is 17.9 Å². The number of methoxy groups -OCH3 is 4. The minimum Gasteiger partial charge on any atom is -0.508 e. The SMILES string of the molecule is COc1cc(/C=C/C(=O)O)ccc1O.COc1cc(/C=C/C(C)O)ccc1O.COc1cc(/C=C/C=O)ccc1O.COc1cc(C=O)ccc1O.O=CC(=O)/C=C(O)/C=C/c1ccc(O)c(CO)c1. The molecule has 0 fully saturated rings. The second-order valence-corrected chi connectivity index (χ2v) is 13.6. The van der Waals surface area contributed by atoms with Gasteiger partial charge in [0.15, 0.2) is 52.3 Å². The van der Waals surface area contributed by atoms with Gasteiger partial charge in [0.2, 0.25) is 5.78 Å². The van der Waals surface area contributed by atoms with Gasteiger partial charge in [0.25, 0.3) is 0 Å². The minimum absolute atomic E-state index is 0.0226. The third-order valence-electron chi connectivity index (χ3n) is 8.43. The number of ketones is 1. The molecule has 5 rings (SSSR count). The number of phenols is 5. The second kappa shape index (κ2) is 32.5. The van der Waals surface area contributed by atoms with Gasteiger partial charge in [-0.2, -0.15) is 0 Å². The number of carboxylic acid groups (broad SMARTS) is 1. The van der Waals surface area contributed by atoms with Crippen molar-refractivity contribution in [3.63, 3.8) is 0 Å². The number of carbonyl (C=O) groups is 5. The molecule has 70 heavy (non-hydrogen) atoms. The van der Waals surface area contributed by atoms with Crippen molar-refractivity contribution in [2.75, 3.05) is 28.4 Å². The van der Waals surface area contributed by atoms with Crippen LogP contribution in [0.4, 0.5) is 0 Å². The maximum Gasteiger partial charge on any atom is 0.328 e.